The number of hydrogen-bond acceptors (Lipinski definition) is 3. The molecule has 1 saturated heterocycles. The number of rotatable bonds is 6. The van der Waals surface area contributed by atoms with Gasteiger partial charge in [0.25, 0.3) is 5.91 Å². The smallest absolute Gasteiger partial charge is 0.324 e. The highest BCUT2D eigenvalue weighted by molar-refractivity contribution is 6.10. The number of urea groups is 1. The van der Waals surface area contributed by atoms with Crippen molar-refractivity contribution in [3.05, 3.63) is 65.7 Å². The molecule has 28 heavy (non-hydrogen) atoms. The Kier molecular flexibility index (Phi) is 5.49. The van der Waals surface area contributed by atoms with Gasteiger partial charge in [-0.1, -0.05) is 62.4 Å². The van der Waals surface area contributed by atoms with Crippen molar-refractivity contribution in [3.8, 4) is 0 Å². The minimum atomic E-state index is -1.17. The number of nitrogens with one attached hydrogen (secondary N) is 2. The van der Waals surface area contributed by atoms with Crippen LogP contribution in [0.15, 0.2) is 54.6 Å². The van der Waals surface area contributed by atoms with Crippen LogP contribution in [0.5, 0.6) is 0 Å². The molecule has 4 amide bonds. The van der Waals surface area contributed by atoms with E-state index < -0.39 is 23.4 Å². The predicted molar refractivity (Wildman–Crippen MR) is 108 cm³/mol. The molecule has 1 aliphatic rings. The fourth-order valence-corrected chi connectivity index (χ4v) is 3.40. The minimum Gasteiger partial charge on any atom is -0.324 e. The summed E-state index contributed by atoms with van der Waals surface area (Å²) in [5, 5.41) is 5.56. The average Bonchev–Trinajstić information content (AvgIpc) is 2.92. The second-order valence-electron chi connectivity index (χ2n) is 7.26. The van der Waals surface area contributed by atoms with E-state index in [0.29, 0.717) is 11.3 Å². The number of nitrogens with zero attached hydrogens (tertiary/aromatic N) is 1. The van der Waals surface area contributed by atoms with Crippen molar-refractivity contribution in [3.63, 3.8) is 0 Å². The standard InChI is InChI=1S/C22H25N3O3/c1-4-15(2)17-12-8-9-13-18(17)23-19(26)14-25-20(27)22(3,24-21(25)28)16-10-6-5-7-11-16/h5-13,15H,4,14H2,1-3H3,(H,23,26)(H,24,28)/t15-,22-/m0/s1. The number of benzene rings is 2. The summed E-state index contributed by atoms with van der Waals surface area (Å²) in [6, 6.07) is 16.0. The van der Waals surface area contributed by atoms with Crippen molar-refractivity contribution in [2.24, 2.45) is 0 Å². The van der Waals surface area contributed by atoms with E-state index >= 15 is 0 Å². The fraction of sp³-hybridized carbons (Fsp3) is 0.318. The Morgan fingerprint density at radius 3 is 2.43 bits per heavy atom. The Hall–Kier alpha value is -3.15. The second-order valence-corrected chi connectivity index (χ2v) is 7.26. The molecule has 2 aromatic carbocycles. The molecule has 3 rings (SSSR count). The van der Waals surface area contributed by atoms with Crippen LogP contribution < -0.4 is 10.6 Å². The van der Waals surface area contributed by atoms with Crippen LogP contribution >= 0.6 is 0 Å². The largest absolute Gasteiger partial charge is 0.325 e. The number of carbonyl (C=O) groups is 3. The van der Waals surface area contributed by atoms with Crippen LogP contribution in [-0.2, 0) is 15.1 Å². The highest BCUT2D eigenvalue weighted by Gasteiger charge is 2.49. The first-order chi connectivity index (χ1) is 13.4. The van der Waals surface area contributed by atoms with E-state index in [2.05, 4.69) is 24.5 Å². The molecule has 6 nitrogen and oxygen atoms in total. The van der Waals surface area contributed by atoms with Crippen LogP contribution in [0.1, 0.15) is 44.2 Å². The van der Waals surface area contributed by atoms with Crippen LogP contribution in [0.3, 0.4) is 0 Å². The van der Waals surface area contributed by atoms with Gasteiger partial charge in [0, 0.05) is 5.69 Å². The summed E-state index contributed by atoms with van der Waals surface area (Å²) < 4.78 is 0. The van der Waals surface area contributed by atoms with Gasteiger partial charge in [0.1, 0.15) is 12.1 Å². The second kappa shape index (κ2) is 7.84. The van der Waals surface area contributed by atoms with Gasteiger partial charge >= 0.3 is 6.03 Å². The van der Waals surface area contributed by atoms with Crippen LogP contribution in [0.2, 0.25) is 0 Å². The molecule has 1 aliphatic heterocycles. The molecule has 6 heteroatoms. The van der Waals surface area contributed by atoms with Gasteiger partial charge in [-0.25, -0.2) is 4.79 Å². The zero-order valence-electron chi connectivity index (χ0n) is 16.4. The molecule has 1 heterocycles. The zero-order chi connectivity index (χ0) is 20.3. The lowest BCUT2D eigenvalue weighted by molar-refractivity contribution is -0.133. The summed E-state index contributed by atoms with van der Waals surface area (Å²) in [5.41, 5.74) is 1.25. The fourth-order valence-electron chi connectivity index (χ4n) is 3.40. The number of hydrogen-bond donors (Lipinski definition) is 2. The van der Waals surface area contributed by atoms with Gasteiger partial charge in [0.2, 0.25) is 5.91 Å². The summed E-state index contributed by atoms with van der Waals surface area (Å²) >= 11 is 0. The van der Waals surface area contributed by atoms with E-state index in [-0.39, 0.29) is 12.5 Å². The summed E-state index contributed by atoms with van der Waals surface area (Å²) in [7, 11) is 0. The Morgan fingerprint density at radius 1 is 1.11 bits per heavy atom. The first kappa shape index (κ1) is 19.6. The van der Waals surface area contributed by atoms with Gasteiger partial charge in [-0.2, -0.15) is 0 Å². The number of carbonyl (C=O) groups excluding carboxylic acids is 3. The number of imide groups is 1. The third kappa shape index (κ3) is 3.63. The summed E-state index contributed by atoms with van der Waals surface area (Å²) in [6.45, 7) is 5.50. The Labute approximate surface area is 164 Å². The molecular formula is C22H25N3O3. The van der Waals surface area contributed by atoms with Gasteiger partial charge in [-0.05, 0) is 36.5 Å². The Balaban J connectivity index is 1.75. The SMILES string of the molecule is CC[C@H](C)c1ccccc1NC(=O)CN1C(=O)N[C@@](C)(c2ccccc2)C1=O. The Morgan fingerprint density at radius 2 is 1.75 bits per heavy atom. The molecule has 2 N–H and O–H groups in total. The lowest BCUT2D eigenvalue weighted by Crippen LogP contribution is -2.42. The molecule has 0 bridgehead atoms. The Bertz CT molecular complexity index is 897. The van der Waals surface area contributed by atoms with E-state index in [1.165, 1.54) is 0 Å². The van der Waals surface area contributed by atoms with E-state index in [9.17, 15) is 14.4 Å². The third-order valence-corrected chi connectivity index (χ3v) is 5.31. The minimum absolute atomic E-state index is 0.287. The van der Waals surface area contributed by atoms with E-state index in [4.69, 9.17) is 0 Å². The number of anilines is 1. The molecule has 1 fully saturated rings. The lowest BCUT2D eigenvalue weighted by atomic mass is 9.92. The number of para-hydroxylation sites is 1. The van der Waals surface area contributed by atoms with Crippen LogP contribution in [0.4, 0.5) is 10.5 Å². The first-order valence-electron chi connectivity index (χ1n) is 9.45. The molecule has 2 atom stereocenters. The van der Waals surface area contributed by atoms with Crippen molar-refractivity contribution < 1.29 is 14.4 Å². The van der Waals surface area contributed by atoms with Crippen molar-refractivity contribution in [2.45, 2.75) is 38.6 Å². The molecule has 2 aromatic rings. The summed E-state index contributed by atoms with van der Waals surface area (Å²) in [6.07, 6.45) is 0.940. The predicted octanol–water partition coefficient (Wildman–Crippen LogP) is 3.61. The maximum Gasteiger partial charge on any atom is 0.325 e. The topological polar surface area (TPSA) is 78.5 Å². The highest BCUT2D eigenvalue weighted by Crippen LogP contribution is 2.29. The summed E-state index contributed by atoms with van der Waals surface area (Å²) in [5.74, 6) is -0.555. The van der Waals surface area contributed by atoms with Crippen molar-refractivity contribution in [2.75, 3.05) is 11.9 Å². The average molecular weight is 379 g/mol. The normalized spacial score (nSPS) is 20.0. The molecule has 0 radical (unpaired) electrons. The third-order valence-electron chi connectivity index (χ3n) is 5.31. The molecule has 0 aromatic heterocycles. The molecule has 146 valence electrons. The van der Waals surface area contributed by atoms with E-state index in [1.807, 2.05) is 30.3 Å². The maximum atomic E-state index is 12.9. The molecular weight excluding hydrogens is 354 g/mol. The molecule has 0 spiro atoms. The summed E-state index contributed by atoms with van der Waals surface area (Å²) in [4.78, 5) is 38.9. The lowest BCUT2D eigenvalue weighted by Gasteiger charge is -2.22. The maximum absolute atomic E-state index is 12.9. The molecule has 0 aliphatic carbocycles. The zero-order valence-corrected chi connectivity index (χ0v) is 16.4. The highest BCUT2D eigenvalue weighted by atomic mass is 16.2. The van der Waals surface area contributed by atoms with Gasteiger partial charge in [-0.3, -0.25) is 14.5 Å². The quantitative estimate of drug-likeness (QED) is 0.753. The van der Waals surface area contributed by atoms with E-state index in [1.54, 1.807) is 31.2 Å². The van der Waals surface area contributed by atoms with Crippen LogP contribution in [0, 0.1) is 0 Å². The first-order valence-corrected chi connectivity index (χ1v) is 9.45. The van der Waals surface area contributed by atoms with Crippen LogP contribution in [-0.4, -0.2) is 29.3 Å². The molecule has 0 saturated carbocycles. The monoisotopic (exact) mass is 379 g/mol. The van der Waals surface area contributed by atoms with Crippen molar-refractivity contribution in [1.29, 1.82) is 0 Å². The van der Waals surface area contributed by atoms with Crippen molar-refractivity contribution in [1.82, 2.24) is 10.2 Å². The van der Waals surface area contributed by atoms with Crippen molar-refractivity contribution >= 4 is 23.5 Å². The van der Waals surface area contributed by atoms with Gasteiger partial charge < -0.3 is 10.6 Å². The van der Waals surface area contributed by atoms with Gasteiger partial charge in [-0.15, -0.1) is 0 Å². The van der Waals surface area contributed by atoms with E-state index in [0.717, 1.165) is 16.9 Å². The van der Waals surface area contributed by atoms with Gasteiger partial charge in [0.05, 0.1) is 0 Å². The van der Waals surface area contributed by atoms with Crippen LogP contribution in [0.25, 0.3) is 0 Å². The van der Waals surface area contributed by atoms with Gasteiger partial charge in [0.15, 0.2) is 0 Å². The molecule has 0 unspecified atom stereocenters. The number of amides is 4.